The molecule has 0 bridgehead atoms. The van der Waals surface area contributed by atoms with E-state index in [2.05, 4.69) is 24.3 Å². The van der Waals surface area contributed by atoms with E-state index in [0.717, 1.165) is 24.9 Å². The van der Waals surface area contributed by atoms with Gasteiger partial charge in [-0.15, -0.1) is 11.6 Å². The number of rotatable bonds is 5. The van der Waals surface area contributed by atoms with Gasteiger partial charge in [-0.25, -0.2) is 0 Å². The topological polar surface area (TPSA) is 9.23 Å². The van der Waals surface area contributed by atoms with Crippen molar-refractivity contribution < 1.29 is 4.74 Å². The highest BCUT2D eigenvalue weighted by molar-refractivity contribution is 6.21. The lowest BCUT2D eigenvalue weighted by Crippen LogP contribution is -2.06. The Hall–Kier alpha value is -0.530. The van der Waals surface area contributed by atoms with Crippen LogP contribution in [0.1, 0.15) is 35.8 Å². The van der Waals surface area contributed by atoms with Crippen LogP contribution in [0.5, 0.6) is 0 Å². The van der Waals surface area contributed by atoms with Crippen LogP contribution in [0.3, 0.4) is 0 Å². The van der Waals surface area contributed by atoms with Gasteiger partial charge in [0, 0.05) is 7.11 Å². The SMILES string of the molecule is COCCc1ccc(C(Cl)C2CC3CC3C2)cc1. The molecule has 2 aliphatic rings. The third-order valence-corrected chi connectivity index (χ3v) is 5.20. The second kappa shape index (κ2) is 5.22. The summed E-state index contributed by atoms with van der Waals surface area (Å²) in [6, 6.07) is 8.79. The number of alkyl halides is 1. The van der Waals surface area contributed by atoms with E-state index in [1.54, 1.807) is 7.11 Å². The van der Waals surface area contributed by atoms with Gasteiger partial charge in [-0.3, -0.25) is 0 Å². The molecule has 3 atom stereocenters. The van der Waals surface area contributed by atoms with Gasteiger partial charge in [0.15, 0.2) is 0 Å². The summed E-state index contributed by atoms with van der Waals surface area (Å²) in [5.41, 5.74) is 2.63. The fraction of sp³-hybridized carbons (Fsp3) is 0.625. The minimum Gasteiger partial charge on any atom is -0.384 e. The quantitative estimate of drug-likeness (QED) is 0.724. The van der Waals surface area contributed by atoms with Crippen LogP contribution in [0.25, 0.3) is 0 Å². The lowest BCUT2D eigenvalue weighted by atomic mass is 9.93. The van der Waals surface area contributed by atoms with E-state index in [1.165, 1.54) is 30.4 Å². The molecule has 0 spiro atoms. The molecule has 0 amide bonds. The fourth-order valence-electron chi connectivity index (χ4n) is 3.36. The highest BCUT2D eigenvalue weighted by Crippen LogP contribution is 2.58. The standard InChI is InChI=1S/C16H21ClO/c1-18-7-6-11-2-4-12(5-3-11)16(17)15-9-13-8-14(13)10-15/h2-5,13-16H,6-10H2,1H3. The Morgan fingerprint density at radius 3 is 2.44 bits per heavy atom. The molecular weight excluding hydrogens is 244 g/mol. The van der Waals surface area contributed by atoms with E-state index in [9.17, 15) is 0 Å². The second-order valence-corrected chi connectivity index (χ2v) is 6.34. The first kappa shape index (κ1) is 12.5. The summed E-state index contributed by atoms with van der Waals surface area (Å²) in [5, 5.41) is 0.217. The number of methoxy groups -OCH3 is 1. The molecule has 3 rings (SSSR count). The van der Waals surface area contributed by atoms with Crippen LogP contribution in [0, 0.1) is 17.8 Å². The molecule has 3 unspecified atom stereocenters. The van der Waals surface area contributed by atoms with Crippen LogP contribution >= 0.6 is 11.6 Å². The lowest BCUT2D eigenvalue weighted by molar-refractivity contribution is 0.202. The molecule has 2 fully saturated rings. The van der Waals surface area contributed by atoms with Gasteiger partial charge >= 0.3 is 0 Å². The Balaban J connectivity index is 1.61. The van der Waals surface area contributed by atoms with Crippen molar-refractivity contribution in [2.45, 2.75) is 31.1 Å². The van der Waals surface area contributed by atoms with Crippen LogP contribution in [0.15, 0.2) is 24.3 Å². The van der Waals surface area contributed by atoms with Crippen molar-refractivity contribution >= 4 is 11.6 Å². The molecule has 18 heavy (non-hydrogen) atoms. The molecule has 2 heteroatoms. The van der Waals surface area contributed by atoms with Crippen molar-refractivity contribution in [2.24, 2.45) is 17.8 Å². The van der Waals surface area contributed by atoms with E-state index >= 15 is 0 Å². The molecule has 1 aromatic carbocycles. The second-order valence-electron chi connectivity index (χ2n) is 5.87. The highest BCUT2D eigenvalue weighted by atomic mass is 35.5. The zero-order valence-electron chi connectivity index (χ0n) is 10.9. The summed E-state index contributed by atoms with van der Waals surface area (Å²) in [6.45, 7) is 0.787. The Labute approximate surface area is 114 Å². The molecule has 0 aliphatic heterocycles. The van der Waals surface area contributed by atoms with Gasteiger partial charge < -0.3 is 4.74 Å². The van der Waals surface area contributed by atoms with Gasteiger partial charge in [-0.05, 0) is 54.6 Å². The van der Waals surface area contributed by atoms with E-state index in [4.69, 9.17) is 16.3 Å². The molecule has 0 radical (unpaired) electrons. The van der Waals surface area contributed by atoms with Crippen LogP contribution in [-0.2, 0) is 11.2 Å². The molecule has 1 nitrogen and oxygen atoms in total. The maximum Gasteiger partial charge on any atom is 0.0613 e. The number of benzene rings is 1. The lowest BCUT2D eigenvalue weighted by Gasteiger charge is -2.19. The van der Waals surface area contributed by atoms with Crippen LogP contribution < -0.4 is 0 Å². The van der Waals surface area contributed by atoms with E-state index < -0.39 is 0 Å². The summed E-state index contributed by atoms with van der Waals surface area (Å²) in [6.07, 6.45) is 5.15. The van der Waals surface area contributed by atoms with Gasteiger partial charge in [0.25, 0.3) is 0 Å². The highest BCUT2D eigenvalue weighted by Gasteiger charge is 2.47. The number of hydrogen-bond donors (Lipinski definition) is 0. The average Bonchev–Trinajstić information content (AvgIpc) is 3.03. The molecule has 0 heterocycles. The van der Waals surface area contributed by atoms with Crippen molar-refractivity contribution in [3.63, 3.8) is 0 Å². The molecule has 2 saturated carbocycles. The molecule has 0 N–H and O–H groups in total. The fourth-order valence-corrected chi connectivity index (χ4v) is 3.71. The predicted octanol–water partition coefficient (Wildman–Crippen LogP) is 4.20. The Bertz CT molecular complexity index is 390. The van der Waals surface area contributed by atoms with Crippen LogP contribution in [-0.4, -0.2) is 13.7 Å². The number of hydrogen-bond acceptors (Lipinski definition) is 1. The monoisotopic (exact) mass is 264 g/mol. The van der Waals surface area contributed by atoms with Crippen molar-refractivity contribution in [3.8, 4) is 0 Å². The first-order chi connectivity index (χ1) is 8.78. The smallest absolute Gasteiger partial charge is 0.0613 e. The van der Waals surface area contributed by atoms with Gasteiger partial charge in [0.1, 0.15) is 0 Å². The number of ether oxygens (including phenoxy) is 1. The summed E-state index contributed by atoms with van der Waals surface area (Å²) in [7, 11) is 1.74. The molecular formula is C16H21ClO. The van der Waals surface area contributed by atoms with Gasteiger partial charge in [-0.2, -0.15) is 0 Å². The zero-order valence-corrected chi connectivity index (χ0v) is 11.7. The maximum atomic E-state index is 6.63. The summed E-state index contributed by atoms with van der Waals surface area (Å²) in [5.74, 6) is 2.73. The minimum absolute atomic E-state index is 0.217. The Morgan fingerprint density at radius 2 is 1.83 bits per heavy atom. The normalized spacial score (nSPS) is 31.1. The maximum absolute atomic E-state index is 6.63. The molecule has 0 aromatic heterocycles. The van der Waals surface area contributed by atoms with Crippen molar-refractivity contribution in [1.82, 2.24) is 0 Å². The predicted molar refractivity (Wildman–Crippen MR) is 74.9 cm³/mol. The first-order valence-electron chi connectivity index (χ1n) is 6.99. The summed E-state index contributed by atoms with van der Waals surface area (Å²) >= 11 is 6.63. The van der Waals surface area contributed by atoms with Crippen molar-refractivity contribution in [3.05, 3.63) is 35.4 Å². The summed E-state index contributed by atoms with van der Waals surface area (Å²) < 4.78 is 5.10. The van der Waals surface area contributed by atoms with Gasteiger partial charge in [0.2, 0.25) is 0 Å². The Morgan fingerprint density at radius 1 is 1.17 bits per heavy atom. The Kier molecular flexibility index (Phi) is 3.63. The van der Waals surface area contributed by atoms with Gasteiger partial charge in [0.05, 0.1) is 12.0 Å². The van der Waals surface area contributed by atoms with Gasteiger partial charge in [-0.1, -0.05) is 24.3 Å². The number of halogens is 1. The van der Waals surface area contributed by atoms with Crippen LogP contribution in [0.4, 0.5) is 0 Å². The molecule has 98 valence electrons. The van der Waals surface area contributed by atoms with E-state index in [0.29, 0.717) is 5.92 Å². The minimum atomic E-state index is 0.217. The summed E-state index contributed by atoms with van der Waals surface area (Å²) in [4.78, 5) is 0. The van der Waals surface area contributed by atoms with Crippen molar-refractivity contribution in [2.75, 3.05) is 13.7 Å². The van der Waals surface area contributed by atoms with Crippen molar-refractivity contribution in [1.29, 1.82) is 0 Å². The molecule has 0 saturated heterocycles. The first-order valence-corrected chi connectivity index (χ1v) is 7.43. The van der Waals surface area contributed by atoms with Crippen LogP contribution in [0.2, 0.25) is 0 Å². The average molecular weight is 265 g/mol. The number of fused-ring (bicyclic) bond motifs is 1. The third kappa shape index (κ3) is 2.57. The van der Waals surface area contributed by atoms with E-state index in [-0.39, 0.29) is 5.38 Å². The zero-order chi connectivity index (χ0) is 12.5. The third-order valence-electron chi connectivity index (χ3n) is 4.59. The molecule has 1 aromatic rings. The largest absolute Gasteiger partial charge is 0.384 e. The molecule has 2 aliphatic carbocycles. The van der Waals surface area contributed by atoms with E-state index in [1.807, 2.05) is 0 Å².